The van der Waals surface area contributed by atoms with E-state index in [4.69, 9.17) is 9.47 Å². The lowest BCUT2D eigenvalue weighted by Crippen LogP contribution is -2.20. The van der Waals surface area contributed by atoms with Crippen LogP contribution in [0.5, 0.6) is 11.5 Å². The number of aryl methyl sites for hydroxylation is 2. The summed E-state index contributed by atoms with van der Waals surface area (Å²) in [6.07, 6.45) is 1.38. The van der Waals surface area contributed by atoms with Crippen molar-refractivity contribution in [3.63, 3.8) is 0 Å². The summed E-state index contributed by atoms with van der Waals surface area (Å²) in [5.41, 5.74) is 5.72. The third-order valence-corrected chi connectivity index (χ3v) is 5.04. The van der Waals surface area contributed by atoms with Gasteiger partial charge in [0.25, 0.3) is 17.5 Å². The van der Waals surface area contributed by atoms with Crippen molar-refractivity contribution in [2.24, 2.45) is 5.10 Å². The maximum Gasteiger partial charge on any atom is 0.271 e. The minimum absolute atomic E-state index is 0.108. The number of nitro groups is 1. The summed E-state index contributed by atoms with van der Waals surface area (Å²) in [6, 6.07) is 15.9. The Kier molecular flexibility index (Phi) is 8.12. The van der Waals surface area contributed by atoms with Crippen molar-refractivity contribution in [2.45, 2.75) is 13.8 Å². The van der Waals surface area contributed by atoms with Crippen LogP contribution in [0.2, 0.25) is 0 Å². The highest BCUT2D eigenvalue weighted by Crippen LogP contribution is 2.27. The number of nitrogens with one attached hydrogen (secondary N) is 2. The van der Waals surface area contributed by atoms with E-state index in [9.17, 15) is 19.7 Å². The molecule has 10 heteroatoms. The van der Waals surface area contributed by atoms with E-state index in [0.29, 0.717) is 22.7 Å². The number of rotatable bonds is 9. The Morgan fingerprint density at radius 3 is 2.54 bits per heavy atom. The lowest BCUT2D eigenvalue weighted by Gasteiger charge is -2.12. The van der Waals surface area contributed by atoms with Crippen LogP contribution in [0.25, 0.3) is 0 Å². The van der Waals surface area contributed by atoms with Crippen molar-refractivity contribution in [3.05, 3.63) is 93.0 Å². The number of amides is 2. The van der Waals surface area contributed by atoms with Crippen molar-refractivity contribution in [1.82, 2.24) is 5.43 Å². The van der Waals surface area contributed by atoms with Crippen molar-refractivity contribution in [2.75, 3.05) is 19.0 Å². The van der Waals surface area contributed by atoms with Gasteiger partial charge in [-0.1, -0.05) is 12.1 Å². The topological polar surface area (TPSA) is 132 Å². The van der Waals surface area contributed by atoms with Crippen LogP contribution in [0.1, 0.15) is 27.0 Å². The first-order valence-electron chi connectivity index (χ1n) is 10.5. The molecule has 0 aromatic heterocycles. The predicted octanol–water partition coefficient (Wildman–Crippen LogP) is 4.00. The number of benzene rings is 3. The van der Waals surface area contributed by atoms with Gasteiger partial charge < -0.3 is 14.8 Å². The number of hydrogen-bond acceptors (Lipinski definition) is 7. The predicted molar refractivity (Wildman–Crippen MR) is 131 cm³/mol. The largest absolute Gasteiger partial charge is 0.493 e. The molecule has 0 radical (unpaired) electrons. The van der Waals surface area contributed by atoms with Gasteiger partial charge in [-0.3, -0.25) is 19.7 Å². The van der Waals surface area contributed by atoms with Crippen LogP contribution in [0, 0.1) is 24.0 Å². The van der Waals surface area contributed by atoms with E-state index < -0.39 is 10.8 Å². The first-order chi connectivity index (χ1) is 16.8. The third-order valence-electron chi connectivity index (χ3n) is 5.04. The van der Waals surface area contributed by atoms with Gasteiger partial charge in [0.2, 0.25) is 0 Å². The van der Waals surface area contributed by atoms with Crippen LogP contribution in [0.3, 0.4) is 0 Å². The Balaban J connectivity index is 1.58. The third kappa shape index (κ3) is 6.87. The molecule has 0 saturated heterocycles. The van der Waals surface area contributed by atoms with E-state index >= 15 is 0 Å². The Morgan fingerprint density at radius 1 is 1.03 bits per heavy atom. The second-order valence-corrected chi connectivity index (χ2v) is 7.55. The molecule has 0 spiro atoms. The second kappa shape index (κ2) is 11.4. The molecule has 2 amide bonds. The number of nitrogens with zero attached hydrogens (tertiary/aromatic N) is 2. The van der Waals surface area contributed by atoms with Crippen LogP contribution in [0.4, 0.5) is 11.4 Å². The quantitative estimate of drug-likeness (QED) is 0.273. The molecular weight excluding hydrogens is 452 g/mol. The highest BCUT2D eigenvalue weighted by molar-refractivity contribution is 5.95. The molecule has 10 nitrogen and oxygen atoms in total. The van der Waals surface area contributed by atoms with Crippen molar-refractivity contribution >= 4 is 29.4 Å². The fourth-order valence-corrected chi connectivity index (χ4v) is 3.03. The standard InChI is InChI=1S/C25H24N4O6/c1-16-7-9-20(11-17(16)2)27-24(30)15-35-22-10-8-18(12-23(22)34-3)14-26-28-25(31)19-5-4-6-21(13-19)29(32)33/h4-14H,15H2,1-3H3,(H,27,30)(H,28,31)/b26-14+. The molecule has 0 saturated carbocycles. The number of methoxy groups -OCH3 is 1. The van der Waals surface area contributed by atoms with E-state index in [1.54, 1.807) is 18.2 Å². The number of hydrogen-bond donors (Lipinski definition) is 2. The molecule has 0 aliphatic heterocycles. The Labute approximate surface area is 201 Å². The first-order valence-corrected chi connectivity index (χ1v) is 10.5. The lowest BCUT2D eigenvalue weighted by molar-refractivity contribution is -0.384. The molecular formula is C25H24N4O6. The average Bonchev–Trinajstić information content (AvgIpc) is 2.85. The Bertz CT molecular complexity index is 1290. The van der Waals surface area contributed by atoms with Gasteiger partial charge in [-0.2, -0.15) is 5.10 Å². The van der Waals surface area contributed by atoms with Crippen LogP contribution in [-0.2, 0) is 4.79 Å². The Morgan fingerprint density at radius 2 is 1.83 bits per heavy atom. The summed E-state index contributed by atoms with van der Waals surface area (Å²) < 4.78 is 10.9. The Hall–Kier alpha value is -4.73. The smallest absolute Gasteiger partial charge is 0.271 e. The zero-order chi connectivity index (χ0) is 25.4. The molecule has 3 aromatic carbocycles. The second-order valence-electron chi connectivity index (χ2n) is 7.55. The molecule has 35 heavy (non-hydrogen) atoms. The van der Waals surface area contributed by atoms with Gasteiger partial charge in [-0.05, 0) is 66.9 Å². The van der Waals surface area contributed by atoms with Gasteiger partial charge in [-0.15, -0.1) is 0 Å². The molecule has 0 fully saturated rings. The van der Waals surface area contributed by atoms with E-state index in [2.05, 4.69) is 15.8 Å². The van der Waals surface area contributed by atoms with Gasteiger partial charge in [0.05, 0.1) is 18.2 Å². The highest BCUT2D eigenvalue weighted by atomic mass is 16.6. The molecule has 0 heterocycles. The molecule has 0 unspecified atom stereocenters. The zero-order valence-electron chi connectivity index (χ0n) is 19.4. The molecule has 3 aromatic rings. The van der Waals surface area contributed by atoms with Gasteiger partial charge in [0.1, 0.15) is 0 Å². The first kappa shape index (κ1) is 24.9. The zero-order valence-corrected chi connectivity index (χ0v) is 19.4. The van der Waals surface area contributed by atoms with Gasteiger partial charge >= 0.3 is 0 Å². The van der Waals surface area contributed by atoms with Crippen LogP contribution < -0.4 is 20.2 Å². The number of carbonyl (C=O) groups excluding carboxylic acids is 2. The van der Waals surface area contributed by atoms with E-state index in [-0.39, 0.29) is 23.8 Å². The minimum atomic E-state index is -0.591. The van der Waals surface area contributed by atoms with Crippen LogP contribution in [0.15, 0.2) is 65.8 Å². The van der Waals surface area contributed by atoms with Gasteiger partial charge in [0.15, 0.2) is 18.1 Å². The SMILES string of the molecule is COc1cc(/C=N/NC(=O)c2cccc([N+](=O)[O-])c2)ccc1OCC(=O)Nc1ccc(C)c(C)c1. The van der Waals surface area contributed by atoms with Gasteiger partial charge in [-0.25, -0.2) is 5.43 Å². The number of hydrazone groups is 1. The van der Waals surface area contributed by atoms with E-state index in [1.807, 2.05) is 32.0 Å². The number of nitro benzene ring substituents is 1. The van der Waals surface area contributed by atoms with E-state index in [1.165, 1.54) is 31.5 Å². The molecule has 2 N–H and O–H groups in total. The number of ether oxygens (including phenoxy) is 2. The van der Waals surface area contributed by atoms with Crippen molar-refractivity contribution in [3.8, 4) is 11.5 Å². The van der Waals surface area contributed by atoms with Gasteiger partial charge in [0, 0.05) is 23.4 Å². The molecule has 0 aliphatic rings. The van der Waals surface area contributed by atoms with Crippen molar-refractivity contribution in [1.29, 1.82) is 0 Å². The summed E-state index contributed by atoms with van der Waals surface area (Å²) in [4.78, 5) is 34.7. The minimum Gasteiger partial charge on any atom is -0.493 e. The summed E-state index contributed by atoms with van der Waals surface area (Å²) in [7, 11) is 1.46. The number of anilines is 1. The number of carbonyl (C=O) groups is 2. The maximum absolute atomic E-state index is 12.3. The molecule has 0 bridgehead atoms. The highest BCUT2D eigenvalue weighted by Gasteiger charge is 2.11. The normalized spacial score (nSPS) is 10.6. The molecule has 0 atom stereocenters. The number of non-ortho nitro benzene ring substituents is 1. The lowest BCUT2D eigenvalue weighted by atomic mass is 10.1. The summed E-state index contributed by atoms with van der Waals surface area (Å²) in [6.45, 7) is 3.75. The average molecular weight is 476 g/mol. The van der Waals surface area contributed by atoms with E-state index in [0.717, 1.165) is 17.2 Å². The summed E-state index contributed by atoms with van der Waals surface area (Å²) >= 11 is 0. The monoisotopic (exact) mass is 476 g/mol. The molecule has 3 rings (SSSR count). The molecule has 180 valence electrons. The molecule has 0 aliphatic carbocycles. The van der Waals surface area contributed by atoms with Crippen LogP contribution in [-0.4, -0.2) is 36.7 Å². The fourth-order valence-electron chi connectivity index (χ4n) is 3.03. The summed E-state index contributed by atoms with van der Waals surface area (Å²) in [5.74, 6) is -0.171. The fraction of sp³-hybridized carbons (Fsp3) is 0.160. The maximum atomic E-state index is 12.3. The van der Waals surface area contributed by atoms with Crippen LogP contribution >= 0.6 is 0 Å². The summed E-state index contributed by atoms with van der Waals surface area (Å²) in [5, 5.41) is 17.5. The van der Waals surface area contributed by atoms with Crippen molar-refractivity contribution < 1.29 is 24.0 Å².